The van der Waals surface area contributed by atoms with E-state index in [0.29, 0.717) is 22.5 Å². The van der Waals surface area contributed by atoms with Crippen LogP contribution in [-0.2, 0) is 5.75 Å². The minimum atomic E-state index is -0.528. The molecule has 4 rings (SSSR count). The number of nitrogen functional groups attached to an aromatic ring is 1. The van der Waals surface area contributed by atoms with Gasteiger partial charge in [-0.25, -0.2) is 18.7 Å². The van der Waals surface area contributed by atoms with Gasteiger partial charge in [-0.1, -0.05) is 18.2 Å². The van der Waals surface area contributed by atoms with E-state index >= 15 is 0 Å². The summed E-state index contributed by atoms with van der Waals surface area (Å²) in [5.41, 5.74) is 7.61. The van der Waals surface area contributed by atoms with E-state index in [9.17, 15) is 13.6 Å². The summed E-state index contributed by atoms with van der Waals surface area (Å²) >= 11 is 1.27. The molecule has 0 radical (unpaired) electrons. The van der Waals surface area contributed by atoms with Gasteiger partial charge in [0.05, 0.1) is 11.9 Å². The van der Waals surface area contributed by atoms with Crippen LogP contribution in [0.4, 0.5) is 20.4 Å². The minimum Gasteiger partial charge on any atom is -0.368 e. The first-order valence-corrected chi connectivity index (χ1v) is 10.8. The number of nitrogens with zero attached hydrogens (tertiary/aromatic N) is 4. The molecular formula is C22H20F2N6OS. The molecule has 2 heterocycles. The predicted molar refractivity (Wildman–Crippen MR) is 123 cm³/mol. The predicted octanol–water partition coefficient (Wildman–Crippen LogP) is 4.56. The first kappa shape index (κ1) is 21.7. The zero-order valence-corrected chi connectivity index (χ0v) is 18.2. The van der Waals surface area contributed by atoms with Crippen molar-refractivity contribution in [1.29, 1.82) is 0 Å². The lowest BCUT2D eigenvalue weighted by Crippen LogP contribution is -2.26. The lowest BCUT2D eigenvalue weighted by Gasteiger charge is -2.15. The number of nitrogens with one attached hydrogen (secondary N) is 1. The van der Waals surface area contributed by atoms with E-state index in [0.717, 1.165) is 5.56 Å². The lowest BCUT2D eigenvalue weighted by atomic mass is 10.1. The number of rotatable bonds is 6. The van der Waals surface area contributed by atoms with Gasteiger partial charge in [0.15, 0.2) is 5.65 Å². The average molecular weight is 455 g/mol. The number of nitrogens with two attached hydrogens (primary N) is 1. The van der Waals surface area contributed by atoms with Crippen LogP contribution in [0.2, 0.25) is 0 Å². The lowest BCUT2D eigenvalue weighted by molar-refractivity contribution is 0.593. The van der Waals surface area contributed by atoms with Crippen molar-refractivity contribution in [2.45, 2.75) is 25.6 Å². The molecule has 164 valence electrons. The van der Waals surface area contributed by atoms with Crippen molar-refractivity contribution in [3.05, 3.63) is 76.2 Å². The summed E-state index contributed by atoms with van der Waals surface area (Å²) in [5.74, 6) is -0.265. The Hall–Kier alpha value is -3.53. The van der Waals surface area contributed by atoms with Gasteiger partial charge in [0.1, 0.15) is 22.8 Å². The molecule has 0 saturated carbocycles. The summed E-state index contributed by atoms with van der Waals surface area (Å²) in [6.07, 6.45) is 1.44. The van der Waals surface area contributed by atoms with Crippen LogP contribution in [0.1, 0.15) is 25.5 Å². The molecule has 0 aliphatic heterocycles. The molecule has 32 heavy (non-hydrogen) atoms. The monoisotopic (exact) mass is 454 g/mol. The first-order valence-electron chi connectivity index (χ1n) is 9.80. The molecule has 7 nitrogen and oxygen atoms in total. The van der Waals surface area contributed by atoms with E-state index in [1.807, 2.05) is 13.8 Å². The fourth-order valence-corrected chi connectivity index (χ4v) is 3.96. The number of aromatic nitrogens is 4. The molecule has 4 aromatic rings. The second kappa shape index (κ2) is 8.91. The summed E-state index contributed by atoms with van der Waals surface area (Å²) in [4.78, 5) is 25.6. The molecule has 0 saturated heterocycles. The highest BCUT2D eigenvalue weighted by atomic mass is 32.2. The molecule has 3 N–H and O–H groups in total. The van der Waals surface area contributed by atoms with Gasteiger partial charge in [-0.15, -0.1) is 0 Å². The highest BCUT2D eigenvalue weighted by Gasteiger charge is 2.17. The number of hydrogen-bond donors (Lipinski definition) is 2. The van der Waals surface area contributed by atoms with Crippen LogP contribution < -0.4 is 16.0 Å². The molecule has 0 unspecified atom stereocenters. The van der Waals surface area contributed by atoms with Gasteiger partial charge in [0.2, 0.25) is 5.95 Å². The topological polar surface area (TPSA) is 98.7 Å². The Morgan fingerprint density at radius 3 is 2.56 bits per heavy atom. The van der Waals surface area contributed by atoms with Crippen LogP contribution in [0, 0.1) is 11.6 Å². The molecule has 0 bridgehead atoms. The van der Waals surface area contributed by atoms with Gasteiger partial charge in [-0.05, 0) is 55.6 Å². The Morgan fingerprint density at radius 1 is 1.12 bits per heavy atom. The van der Waals surface area contributed by atoms with E-state index in [1.54, 1.807) is 24.3 Å². The van der Waals surface area contributed by atoms with Crippen molar-refractivity contribution in [1.82, 2.24) is 19.5 Å². The van der Waals surface area contributed by atoms with E-state index in [4.69, 9.17) is 5.73 Å². The van der Waals surface area contributed by atoms with Crippen molar-refractivity contribution in [2.24, 2.45) is 0 Å². The van der Waals surface area contributed by atoms with Gasteiger partial charge in [-0.3, -0.25) is 9.36 Å². The van der Waals surface area contributed by atoms with Crippen molar-refractivity contribution in [3.63, 3.8) is 0 Å². The van der Waals surface area contributed by atoms with E-state index < -0.39 is 11.4 Å². The fourth-order valence-electron chi connectivity index (χ4n) is 3.20. The summed E-state index contributed by atoms with van der Waals surface area (Å²) in [7, 11) is 0. The number of fused-ring (bicyclic) bond motifs is 1. The third-order valence-electron chi connectivity index (χ3n) is 4.74. The molecule has 0 atom stereocenters. The Bertz CT molecular complexity index is 1340. The molecule has 2 aromatic heterocycles. The van der Waals surface area contributed by atoms with Crippen molar-refractivity contribution in [2.75, 3.05) is 10.5 Å². The third-order valence-corrected chi connectivity index (χ3v) is 5.59. The standard InChI is InChI=1S/C22H20F2N6OS/c1-12(2)30-20-18(10-26-22(25)28-20)27-19(21(30)31)14-5-8-17(16(24)9-14)29-32-11-13-3-6-15(23)7-4-13/h3-10,12,29H,11H2,1-2H3,(H2,25,26,28). The largest absolute Gasteiger partial charge is 0.368 e. The van der Waals surface area contributed by atoms with Gasteiger partial charge < -0.3 is 10.5 Å². The van der Waals surface area contributed by atoms with Crippen LogP contribution in [0.3, 0.4) is 0 Å². The first-order chi connectivity index (χ1) is 15.3. The summed E-state index contributed by atoms with van der Waals surface area (Å²) in [6, 6.07) is 10.3. The van der Waals surface area contributed by atoms with Gasteiger partial charge in [-0.2, -0.15) is 4.98 Å². The van der Waals surface area contributed by atoms with Crippen LogP contribution in [-0.4, -0.2) is 19.5 Å². The van der Waals surface area contributed by atoms with E-state index in [2.05, 4.69) is 19.7 Å². The average Bonchev–Trinajstić information content (AvgIpc) is 2.75. The van der Waals surface area contributed by atoms with Crippen molar-refractivity contribution in [3.8, 4) is 11.3 Å². The van der Waals surface area contributed by atoms with E-state index in [-0.39, 0.29) is 29.2 Å². The Morgan fingerprint density at radius 2 is 1.88 bits per heavy atom. The molecule has 0 aliphatic rings. The molecule has 2 aromatic carbocycles. The highest BCUT2D eigenvalue weighted by Crippen LogP contribution is 2.26. The number of hydrogen-bond acceptors (Lipinski definition) is 7. The van der Waals surface area contributed by atoms with Gasteiger partial charge in [0.25, 0.3) is 5.56 Å². The van der Waals surface area contributed by atoms with Crippen LogP contribution in [0.25, 0.3) is 22.4 Å². The van der Waals surface area contributed by atoms with Crippen molar-refractivity contribution < 1.29 is 8.78 Å². The molecule has 0 fully saturated rings. The van der Waals surface area contributed by atoms with Gasteiger partial charge in [0, 0.05) is 17.4 Å². The number of halogens is 2. The second-order valence-electron chi connectivity index (χ2n) is 7.38. The van der Waals surface area contributed by atoms with Crippen LogP contribution in [0.5, 0.6) is 0 Å². The van der Waals surface area contributed by atoms with Gasteiger partial charge >= 0.3 is 0 Å². The summed E-state index contributed by atoms with van der Waals surface area (Å²) in [6.45, 7) is 3.68. The smallest absolute Gasteiger partial charge is 0.278 e. The maximum Gasteiger partial charge on any atom is 0.278 e. The quantitative estimate of drug-likeness (QED) is 0.412. The van der Waals surface area contributed by atoms with E-state index in [1.165, 1.54) is 40.9 Å². The maximum atomic E-state index is 14.8. The maximum absolute atomic E-state index is 14.8. The Kier molecular flexibility index (Phi) is 6.04. The minimum absolute atomic E-state index is 0.0421. The number of benzene rings is 2. The Labute approximate surface area is 186 Å². The molecule has 10 heteroatoms. The van der Waals surface area contributed by atoms with Crippen LogP contribution in [0.15, 0.2) is 53.5 Å². The zero-order chi connectivity index (χ0) is 22.8. The molecule has 0 amide bonds. The highest BCUT2D eigenvalue weighted by molar-refractivity contribution is 7.99. The summed E-state index contributed by atoms with van der Waals surface area (Å²) < 4.78 is 32.2. The summed E-state index contributed by atoms with van der Waals surface area (Å²) in [5, 5.41) is 0. The zero-order valence-electron chi connectivity index (χ0n) is 17.3. The number of anilines is 2. The Balaban J connectivity index is 1.62. The van der Waals surface area contributed by atoms with Crippen LogP contribution >= 0.6 is 11.9 Å². The SMILES string of the molecule is CC(C)n1c(=O)c(-c2ccc(NSCc3ccc(F)cc3)c(F)c2)nc2cnc(N)nc21. The normalized spacial score (nSPS) is 11.3. The fraction of sp³-hybridized carbons (Fsp3) is 0.182. The molecule has 0 spiro atoms. The second-order valence-corrected chi connectivity index (χ2v) is 8.16. The molecular weight excluding hydrogens is 434 g/mol. The molecule has 0 aliphatic carbocycles. The van der Waals surface area contributed by atoms with Crippen molar-refractivity contribution >= 4 is 34.7 Å². The third kappa shape index (κ3) is 4.40.